The zero-order valence-corrected chi connectivity index (χ0v) is 46.9. The number of ether oxygens (including phenoxy) is 15. The van der Waals surface area contributed by atoms with Crippen LogP contribution in [0.1, 0.15) is 0 Å². The summed E-state index contributed by atoms with van der Waals surface area (Å²) in [6.45, 7) is -4.93. The third-order valence-electron chi connectivity index (χ3n) is 16.4. The molecule has 22 fully saturated rings. The fraction of sp³-hybridized carbons (Fsp3) is 0.979. The van der Waals surface area contributed by atoms with Crippen molar-refractivity contribution in [3.05, 3.63) is 4.91 Å². The van der Waals surface area contributed by atoms with E-state index in [1.165, 1.54) is 0 Å². The van der Waals surface area contributed by atoms with Crippen molar-refractivity contribution in [2.24, 2.45) is 5.29 Å². The molecular weight excluding hydrogens is 1220 g/mol. The van der Waals surface area contributed by atoms with Gasteiger partial charge in [0.1, 0.15) is 177 Å². The van der Waals surface area contributed by atoms with Crippen LogP contribution in [0.2, 0.25) is 0 Å². The number of morpholine rings is 1. The lowest BCUT2D eigenvalue weighted by Crippen LogP contribution is -2.68. The number of rotatable bonds is 10. The van der Waals surface area contributed by atoms with E-state index in [2.05, 4.69) is 5.29 Å². The summed E-state index contributed by atoms with van der Waals surface area (Å²) in [6.07, 6.45) is -70.2. The van der Waals surface area contributed by atoms with Crippen molar-refractivity contribution >= 4 is 0 Å². The zero-order chi connectivity index (χ0) is 64.9. The minimum atomic E-state index is -2.21. The molecule has 22 aliphatic rings. The summed E-state index contributed by atoms with van der Waals surface area (Å²) in [5, 5.41) is 244. The van der Waals surface area contributed by atoms with Crippen LogP contribution >= 0.6 is 0 Å². The van der Waals surface area contributed by atoms with E-state index >= 15 is 0 Å². The monoisotopic (exact) mass is 1300 g/mol. The molecule has 14 bridgehead atoms. The third kappa shape index (κ3) is 15.4. The Morgan fingerprint density at radius 2 is 0.506 bits per heavy atom. The van der Waals surface area contributed by atoms with Gasteiger partial charge in [-0.1, -0.05) is 0 Å². The van der Waals surface area contributed by atoms with E-state index in [0.717, 1.165) is 5.12 Å². The summed E-state index contributed by atoms with van der Waals surface area (Å²) in [7, 11) is 0. The van der Waals surface area contributed by atoms with Gasteiger partial charge in [-0.15, -0.1) is 4.91 Å². The van der Waals surface area contributed by atoms with Gasteiger partial charge in [0.05, 0.1) is 70.8 Å². The molecule has 0 aromatic carbocycles. The van der Waals surface area contributed by atoms with Gasteiger partial charge in [-0.25, -0.2) is 0 Å². The second kappa shape index (κ2) is 32.2. The maximum Gasteiger partial charge on any atom is 0.187 e. The van der Waals surface area contributed by atoms with Crippen molar-refractivity contribution in [3.8, 4) is 6.07 Å². The number of hydrogen-bond donors (Lipinski definition) is 21. The largest absolute Gasteiger partial charge is 0.394 e. The van der Waals surface area contributed by atoms with Crippen LogP contribution < -0.4 is 0 Å². The number of nitrogens with zero attached hydrogens (tertiary/aromatic N) is 4. The Kier molecular flexibility index (Phi) is 26.2. The summed E-state index contributed by atoms with van der Waals surface area (Å²) >= 11 is 0. The van der Waals surface area contributed by atoms with Gasteiger partial charge in [0, 0.05) is 13.1 Å². The topological polar surface area (TPSA) is 623 Å². The van der Waals surface area contributed by atoms with Gasteiger partial charge >= 0.3 is 0 Å². The lowest BCUT2D eigenvalue weighted by Gasteiger charge is -2.50. The highest BCUT2D eigenvalue weighted by Crippen LogP contribution is 2.39. The first-order valence-corrected chi connectivity index (χ1v) is 28.3. The molecule has 0 unspecified atom stereocenters. The molecule has 0 amide bonds. The molecule has 0 aliphatic carbocycles. The summed E-state index contributed by atoms with van der Waals surface area (Å²) in [6, 6.07) is 1.87. The molecule has 22 rings (SSSR count). The fourth-order valence-corrected chi connectivity index (χ4v) is 11.4. The molecule has 0 aromatic heterocycles. The Morgan fingerprint density at radius 1 is 0.326 bits per heavy atom. The highest BCUT2D eigenvalue weighted by molar-refractivity contribution is 5.02. The zero-order valence-electron chi connectivity index (χ0n) is 46.9. The third-order valence-corrected chi connectivity index (χ3v) is 16.4. The molecule has 0 aromatic rings. The summed E-state index contributed by atoms with van der Waals surface area (Å²) in [4.78, 5) is 10.2. The van der Waals surface area contributed by atoms with Crippen molar-refractivity contribution in [1.29, 1.82) is 5.26 Å². The smallest absolute Gasteiger partial charge is 0.187 e. The second-order valence-corrected chi connectivity index (χ2v) is 22.0. The Balaban J connectivity index is 0.000000763. The average molecular weight is 1310 g/mol. The average Bonchev–Trinajstić information content (AvgIpc) is 0.922. The first-order chi connectivity index (χ1) is 42.5. The number of hydrogen-bond acceptors (Lipinski definition) is 40. The number of hydrazine groups is 1. The Bertz CT molecular complexity index is 1840. The quantitative estimate of drug-likeness (QED) is 0.0549. The van der Waals surface area contributed by atoms with E-state index in [1.807, 2.05) is 6.07 Å². The van der Waals surface area contributed by atoms with Gasteiger partial charge in [-0.2, -0.15) is 15.4 Å². The fourth-order valence-electron chi connectivity index (χ4n) is 11.4. The van der Waals surface area contributed by atoms with Crippen LogP contribution in [0.25, 0.3) is 0 Å². The summed E-state index contributed by atoms with van der Waals surface area (Å²) in [5.74, 6) is 0. The van der Waals surface area contributed by atoms with Crippen LogP contribution in [0.15, 0.2) is 5.29 Å². The molecule has 0 saturated carbocycles. The number of aliphatic hydroxyl groups is 21. The molecule has 22 heterocycles. The summed E-state index contributed by atoms with van der Waals surface area (Å²) < 4.78 is 84.5. The number of nitriles is 1. The van der Waals surface area contributed by atoms with E-state index in [-0.39, 0.29) is 6.54 Å². The molecule has 21 N–H and O–H groups in total. The number of aliphatic hydroxyl groups excluding tert-OH is 21. The standard InChI is InChI=1S/C42H70O35.C6H10N4O2/c43-1-8-29-15(50)22(57)36(64-8)72-30-9(2-44)66-38(24(59)17(30)52)74-32-11(4-46)68-40(26(61)19(32)54)76-34-13(6-48)70-42(28(63)21(34)56)77-35-14(7-49)69-41(27(62)20(35)55)75-33-12(5-47)67-39(25(60)18(33)53)73-31-10(3-45)65-37(71-29)23(58)16(31)51;7-1-2-10(8-11)9-3-5-12-6-4-9/h8-63H,1-7H2;2-6H2/t8-,9-,10-,11-,12-,13-,14-,15-,16-,17-,18-,19-,20-,21-,22-,23-,24-,25-,26-,27-,28-,29-,30-,31-,32-,33-,34-,35-,36-,37-,38-,39-,40-,41-,42-;/m1./s1. The minimum Gasteiger partial charge on any atom is -0.394 e. The molecular formula is C48H80N4O37. The van der Waals surface area contributed by atoms with E-state index in [1.54, 1.807) is 5.01 Å². The van der Waals surface area contributed by atoms with Crippen molar-refractivity contribution in [3.63, 3.8) is 0 Å². The molecule has 0 spiro atoms. The molecule has 22 saturated heterocycles. The van der Waals surface area contributed by atoms with Crippen molar-refractivity contribution in [2.45, 2.75) is 215 Å². The lowest BCUT2D eigenvalue weighted by molar-refractivity contribution is -0.396. The first kappa shape index (κ1) is 72.2. The Morgan fingerprint density at radius 3 is 0.652 bits per heavy atom. The first-order valence-electron chi connectivity index (χ1n) is 28.3. The molecule has 22 aliphatic heterocycles. The van der Waals surface area contributed by atoms with Gasteiger partial charge in [-0.05, 0) is 0 Å². The predicted molar refractivity (Wildman–Crippen MR) is 269 cm³/mol. The van der Waals surface area contributed by atoms with Crippen molar-refractivity contribution < 1.29 is 178 Å². The highest BCUT2D eigenvalue weighted by Gasteiger charge is 2.59. The predicted octanol–water partition coefficient (Wildman–Crippen LogP) is -15.5. The maximum atomic E-state index is 11.3. The van der Waals surface area contributed by atoms with Crippen LogP contribution in [0.5, 0.6) is 0 Å². The van der Waals surface area contributed by atoms with Crippen molar-refractivity contribution in [2.75, 3.05) is 79.1 Å². The highest BCUT2D eigenvalue weighted by atomic mass is 16.8. The van der Waals surface area contributed by atoms with E-state index in [9.17, 15) is 112 Å². The second-order valence-electron chi connectivity index (χ2n) is 22.0. The van der Waals surface area contributed by atoms with Gasteiger partial charge in [-0.3, -0.25) is 0 Å². The lowest BCUT2D eigenvalue weighted by atomic mass is 9.95. The van der Waals surface area contributed by atoms with Gasteiger partial charge in [0.15, 0.2) is 44.0 Å². The molecule has 35 atom stereocenters. The van der Waals surface area contributed by atoms with Crippen LogP contribution in [0.4, 0.5) is 0 Å². The van der Waals surface area contributed by atoms with Crippen LogP contribution in [0.3, 0.4) is 0 Å². The SMILES string of the molecule is N#CCN(N=O)N1CCOCC1.OC[C@H]1O[C@@H]2O[C@H]3[C@H](O)[C@@H](O)[C@@H](O[C@H]4[C@H](O)[C@@H](O)[C@@H](O[C@H]5[C@H](O)[C@@H](O)[C@@H](O[C@H]6[C@H](O)[C@@H](O)[C@@H](O[C@H]7[C@H](O)[C@@H](O)[C@@H](O[C@H]8[C@H](O)[C@@H](O)[C@@H](O[C@H]1[C@H](O)[C@H]2O)O[C@@H]8CO)O[C@@H]7CO)O[C@@H]6CO)O[C@@H]5CO)O[C@@H]4CO)O[C@@H]3CO. The molecule has 514 valence electrons. The number of nitroso groups, excluding NO2 is 1. The maximum absolute atomic E-state index is 11.3. The summed E-state index contributed by atoms with van der Waals surface area (Å²) in [5.41, 5.74) is 0. The molecule has 89 heavy (non-hydrogen) atoms. The van der Waals surface area contributed by atoms with Gasteiger partial charge < -0.3 is 178 Å². The molecule has 0 radical (unpaired) electrons. The van der Waals surface area contributed by atoms with Crippen LogP contribution in [0, 0.1) is 16.2 Å². The Labute approximate surface area is 503 Å². The van der Waals surface area contributed by atoms with Gasteiger partial charge in [0.25, 0.3) is 0 Å². The van der Waals surface area contributed by atoms with Crippen molar-refractivity contribution in [1.82, 2.24) is 10.1 Å². The van der Waals surface area contributed by atoms with Gasteiger partial charge in [0.2, 0.25) is 0 Å². The molecule has 41 nitrogen and oxygen atoms in total. The molecule has 41 heteroatoms. The van der Waals surface area contributed by atoms with Crippen LogP contribution in [-0.4, -0.2) is 411 Å². The Hall–Kier alpha value is -2.59. The normalized spacial score (nSPS) is 50.4. The van der Waals surface area contributed by atoms with E-state index < -0.39 is 261 Å². The van der Waals surface area contributed by atoms with E-state index in [4.69, 9.17) is 76.3 Å². The van der Waals surface area contributed by atoms with Crippen LogP contribution in [-0.2, 0) is 71.1 Å². The minimum absolute atomic E-state index is 0.00347. The van der Waals surface area contributed by atoms with E-state index in [0.29, 0.717) is 26.3 Å².